The average Bonchev–Trinajstić information content (AvgIpc) is 2.77. The molecule has 1 aliphatic heterocycles. The highest BCUT2D eigenvalue weighted by molar-refractivity contribution is 5.63. The van der Waals surface area contributed by atoms with Crippen LogP contribution in [0.3, 0.4) is 0 Å². The van der Waals surface area contributed by atoms with Gasteiger partial charge in [-0.25, -0.2) is 4.98 Å². The Morgan fingerprint density at radius 3 is 2.93 bits per heavy atom. The number of aromatic nitrogens is 2. The fourth-order valence-corrected chi connectivity index (χ4v) is 2.24. The molecule has 3 rings (SSSR count). The van der Waals surface area contributed by atoms with Crippen LogP contribution in [-0.4, -0.2) is 9.55 Å². The van der Waals surface area contributed by atoms with Gasteiger partial charge in [0, 0.05) is 24.7 Å². The molecule has 0 saturated carbocycles. The van der Waals surface area contributed by atoms with Crippen LogP contribution in [0.25, 0.3) is 11.3 Å². The van der Waals surface area contributed by atoms with Crippen molar-refractivity contribution in [1.29, 1.82) is 0 Å². The first-order chi connectivity index (χ1) is 7.34. The molecule has 2 nitrogen and oxygen atoms in total. The highest BCUT2D eigenvalue weighted by Crippen LogP contribution is 2.25. The summed E-state index contributed by atoms with van der Waals surface area (Å²) in [6.45, 7) is 3.27. The molecule has 1 aromatic carbocycles. The molecule has 0 unspecified atom stereocenters. The van der Waals surface area contributed by atoms with E-state index in [1.807, 2.05) is 0 Å². The molecular formula is C13H14N2. The smallest absolute Gasteiger partial charge is 0.109 e. The minimum absolute atomic E-state index is 1.13. The van der Waals surface area contributed by atoms with Gasteiger partial charge in [-0.05, 0) is 18.9 Å². The molecule has 0 saturated heterocycles. The van der Waals surface area contributed by atoms with Gasteiger partial charge in [0.1, 0.15) is 5.82 Å². The summed E-state index contributed by atoms with van der Waals surface area (Å²) in [4.78, 5) is 4.68. The Labute approximate surface area is 89.6 Å². The fraction of sp³-hybridized carbons (Fsp3) is 0.308. The normalized spacial score (nSPS) is 14.2. The molecule has 1 aliphatic rings. The van der Waals surface area contributed by atoms with Crippen LogP contribution in [0, 0.1) is 6.92 Å². The molecule has 2 heteroatoms. The second kappa shape index (κ2) is 3.23. The Balaban J connectivity index is 2.10. The highest BCUT2D eigenvalue weighted by atomic mass is 15.1. The van der Waals surface area contributed by atoms with Crippen molar-refractivity contribution in [3.63, 3.8) is 0 Å². The summed E-state index contributed by atoms with van der Waals surface area (Å²) in [5.74, 6) is 1.24. The van der Waals surface area contributed by atoms with Crippen LogP contribution in [0.5, 0.6) is 0 Å². The molecule has 0 amide bonds. The molecule has 0 atom stereocenters. The first-order valence-corrected chi connectivity index (χ1v) is 5.46. The maximum Gasteiger partial charge on any atom is 0.109 e. The van der Waals surface area contributed by atoms with Crippen molar-refractivity contribution in [2.45, 2.75) is 26.3 Å². The van der Waals surface area contributed by atoms with E-state index in [4.69, 9.17) is 0 Å². The van der Waals surface area contributed by atoms with Gasteiger partial charge >= 0.3 is 0 Å². The Bertz CT molecular complexity index is 475. The van der Waals surface area contributed by atoms with Crippen LogP contribution in [0.1, 0.15) is 17.8 Å². The number of imidazole rings is 1. The molecule has 0 radical (unpaired) electrons. The lowest BCUT2D eigenvalue weighted by Crippen LogP contribution is -1.87. The van der Waals surface area contributed by atoms with Crippen LogP contribution < -0.4 is 0 Å². The molecule has 0 spiro atoms. The van der Waals surface area contributed by atoms with Gasteiger partial charge in [0.05, 0.1) is 5.69 Å². The predicted octanol–water partition coefficient (Wildman–Crippen LogP) is 2.80. The van der Waals surface area contributed by atoms with Gasteiger partial charge in [-0.1, -0.05) is 24.3 Å². The van der Waals surface area contributed by atoms with Crippen LogP contribution in [0.15, 0.2) is 30.5 Å². The lowest BCUT2D eigenvalue weighted by Gasteiger charge is -2.00. The third-order valence-corrected chi connectivity index (χ3v) is 3.08. The van der Waals surface area contributed by atoms with Crippen LogP contribution in [0.4, 0.5) is 0 Å². The molecule has 1 aromatic heterocycles. The van der Waals surface area contributed by atoms with E-state index in [1.165, 1.54) is 23.4 Å². The van der Waals surface area contributed by atoms with E-state index in [0.717, 1.165) is 18.7 Å². The van der Waals surface area contributed by atoms with E-state index >= 15 is 0 Å². The number of nitrogens with zero attached hydrogens (tertiary/aromatic N) is 2. The molecule has 2 heterocycles. The maximum atomic E-state index is 4.68. The van der Waals surface area contributed by atoms with E-state index in [-0.39, 0.29) is 0 Å². The molecule has 0 N–H and O–H groups in total. The fourth-order valence-electron chi connectivity index (χ4n) is 2.24. The summed E-state index contributed by atoms with van der Waals surface area (Å²) in [5, 5.41) is 0. The number of benzene rings is 1. The van der Waals surface area contributed by atoms with E-state index in [9.17, 15) is 0 Å². The van der Waals surface area contributed by atoms with E-state index < -0.39 is 0 Å². The van der Waals surface area contributed by atoms with Gasteiger partial charge in [0.15, 0.2) is 0 Å². The van der Waals surface area contributed by atoms with Gasteiger partial charge in [0.2, 0.25) is 0 Å². The van der Waals surface area contributed by atoms with E-state index in [1.54, 1.807) is 0 Å². The van der Waals surface area contributed by atoms with Gasteiger partial charge in [-0.3, -0.25) is 0 Å². The highest BCUT2D eigenvalue weighted by Gasteiger charge is 2.14. The van der Waals surface area contributed by atoms with Crippen molar-refractivity contribution < 1.29 is 0 Å². The summed E-state index contributed by atoms with van der Waals surface area (Å²) >= 11 is 0. The quantitative estimate of drug-likeness (QED) is 0.689. The molecule has 0 aliphatic carbocycles. The third-order valence-electron chi connectivity index (χ3n) is 3.08. The van der Waals surface area contributed by atoms with E-state index in [0.29, 0.717) is 0 Å². The zero-order valence-electron chi connectivity index (χ0n) is 8.90. The van der Waals surface area contributed by atoms with E-state index in [2.05, 4.69) is 46.9 Å². The molecule has 15 heavy (non-hydrogen) atoms. The monoisotopic (exact) mass is 198 g/mol. The number of hydrogen-bond acceptors (Lipinski definition) is 1. The van der Waals surface area contributed by atoms with Crippen molar-refractivity contribution in [3.05, 3.63) is 41.9 Å². The second-order valence-corrected chi connectivity index (χ2v) is 4.15. The molecule has 76 valence electrons. The number of hydrogen-bond donors (Lipinski definition) is 0. The zero-order valence-corrected chi connectivity index (χ0v) is 8.90. The minimum atomic E-state index is 1.13. The first-order valence-electron chi connectivity index (χ1n) is 5.46. The van der Waals surface area contributed by atoms with Crippen molar-refractivity contribution >= 4 is 0 Å². The summed E-state index contributed by atoms with van der Waals surface area (Å²) in [6.07, 6.45) is 4.56. The van der Waals surface area contributed by atoms with Gasteiger partial charge < -0.3 is 4.57 Å². The topological polar surface area (TPSA) is 17.8 Å². The lowest BCUT2D eigenvalue weighted by molar-refractivity contribution is 0.750. The van der Waals surface area contributed by atoms with Crippen LogP contribution >= 0.6 is 0 Å². The van der Waals surface area contributed by atoms with Crippen molar-refractivity contribution in [1.82, 2.24) is 9.55 Å². The maximum absolute atomic E-state index is 4.68. The Morgan fingerprint density at radius 1 is 1.27 bits per heavy atom. The standard InChI is InChI=1S/C13H14N2/c1-10-5-2-3-6-11(10)12-9-15-8-4-7-13(15)14-12/h2-3,5-6,9H,4,7-8H2,1H3. The Kier molecular flexibility index (Phi) is 1.88. The van der Waals surface area contributed by atoms with Gasteiger partial charge in [0.25, 0.3) is 0 Å². The summed E-state index contributed by atoms with van der Waals surface area (Å²) in [7, 11) is 0. The van der Waals surface area contributed by atoms with Gasteiger partial charge in [-0.15, -0.1) is 0 Å². The van der Waals surface area contributed by atoms with Crippen molar-refractivity contribution in [3.8, 4) is 11.3 Å². The average molecular weight is 198 g/mol. The minimum Gasteiger partial charge on any atom is -0.334 e. The zero-order chi connectivity index (χ0) is 10.3. The van der Waals surface area contributed by atoms with Crippen molar-refractivity contribution in [2.75, 3.05) is 0 Å². The largest absolute Gasteiger partial charge is 0.334 e. The van der Waals surface area contributed by atoms with Crippen LogP contribution in [0.2, 0.25) is 0 Å². The van der Waals surface area contributed by atoms with Crippen molar-refractivity contribution in [2.24, 2.45) is 0 Å². The van der Waals surface area contributed by atoms with Gasteiger partial charge in [-0.2, -0.15) is 0 Å². The number of fused-ring (bicyclic) bond motifs is 1. The number of rotatable bonds is 1. The third kappa shape index (κ3) is 1.37. The SMILES string of the molecule is Cc1ccccc1-c1cn2c(n1)CCC2. The number of aryl methyl sites for hydroxylation is 3. The summed E-state index contributed by atoms with van der Waals surface area (Å²) in [6, 6.07) is 8.43. The Morgan fingerprint density at radius 2 is 2.13 bits per heavy atom. The molecule has 2 aromatic rings. The summed E-state index contributed by atoms with van der Waals surface area (Å²) in [5.41, 5.74) is 3.69. The predicted molar refractivity (Wildman–Crippen MR) is 60.7 cm³/mol. The molecule has 0 fully saturated rings. The summed E-state index contributed by atoms with van der Waals surface area (Å²) < 4.78 is 2.28. The Hall–Kier alpha value is -1.57. The molecular weight excluding hydrogens is 184 g/mol. The second-order valence-electron chi connectivity index (χ2n) is 4.15. The van der Waals surface area contributed by atoms with Crippen LogP contribution in [-0.2, 0) is 13.0 Å². The first kappa shape index (κ1) is 8.72. The molecule has 0 bridgehead atoms. The lowest BCUT2D eigenvalue weighted by atomic mass is 10.1.